The fourth-order valence-electron chi connectivity index (χ4n) is 2.44. The summed E-state index contributed by atoms with van der Waals surface area (Å²) in [5.74, 6) is -1.52. The molecule has 0 aromatic heterocycles. The monoisotopic (exact) mass is 283 g/mol. The van der Waals surface area contributed by atoms with Crippen LogP contribution in [-0.2, 0) is 0 Å². The Hall–Kier alpha value is -1.23. The number of aromatic hydroxyl groups is 1. The molecule has 2 rings (SSSR count). The zero-order valence-corrected chi connectivity index (χ0v) is 11.7. The molecule has 5 heteroatoms. The van der Waals surface area contributed by atoms with Gasteiger partial charge in [0.15, 0.2) is 0 Å². The molecular formula is C14H18FNO2S. The van der Waals surface area contributed by atoms with Gasteiger partial charge in [0.2, 0.25) is 0 Å². The molecule has 1 fully saturated rings. The molecular weight excluding hydrogens is 265 g/mol. The van der Waals surface area contributed by atoms with Crippen molar-refractivity contribution in [1.29, 1.82) is 0 Å². The number of benzene rings is 1. The van der Waals surface area contributed by atoms with Gasteiger partial charge in [0.05, 0.1) is 0 Å². The van der Waals surface area contributed by atoms with Crippen molar-refractivity contribution in [2.75, 3.05) is 6.26 Å². The maximum absolute atomic E-state index is 13.5. The molecule has 1 saturated carbocycles. The first kappa shape index (κ1) is 14.2. The minimum atomic E-state index is -0.685. The van der Waals surface area contributed by atoms with E-state index in [9.17, 15) is 14.3 Å². The number of nitrogens with one attached hydrogen (secondary N) is 1. The van der Waals surface area contributed by atoms with E-state index in [-0.39, 0.29) is 17.4 Å². The average Bonchev–Trinajstić information content (AvgIpc) is 2.39. The third-order valence-electron chi connectivity index (χ3n) is 3.56. The van der Waals surface area contributed by atoms with E-state index in [0.29, 0.717) is 5.25 Å². The Morgan fingerprint density at radius 3 is 2.63 bits per heavy atom. The second kappa shape index (κ2) is 6.28. The second-order valence-corrected chi connectivity index (χ2v) is 5.95. The normalized spacial score (nSPS) is 23.1. The highest BCUT2D eigenvalue weighted by molar-refractivity contribution is 7.99. The largest absolute Gasteiger partial charge is 0.507 e. The lowest BCUT2D eigenvalue weighted by Gasteiger charge is -2.28. The van der Waals surface area contributed by atoms with Gasteiger partial charge in [-0.25, -0.2) is 4.39 Å². The SMILES string of the molecule is CSC1CCC(NC(=O)c2c(O)cccc2F)CC1. The van der Waals surface area contributed by atoms with Crippen LogP contribution in [0, 0.1) is 5.82 Å². The van der Waals surface area contributed by atoms with Crippen molar-refractivity contribution in [3.8, 4) is 5.75 Å². The van der Waals surface area contributed by atoms with Gasteiger partial charge in [-0.2, -0.15) is 11.8 Å². The van der Waals surface area contributed by atoms with E-state index in [1.54, 1.807) is 0 Å². The number of phenolic OH excluding ortho intramolecular Hbond substituents is 1. The van der Waals surface area contributed by atoms with E-state index in [1.807, 2.05) is 11.8 Å². The highest BCUT2D eigenvalue weighted by Crippen LogP contribution is 2.27. The summed E-state index contributed by atoms with van der Waals surface area (Å²) in [6, 6.07) is 3.96. The quantitative estimate of drug-likeness (QED) is 0.896. The molecule has 1 aliphatic rings. The molecule has 2 N–H and O–H groups in total. The zero-order valence-electron chi connectivity index (χ0n) is 10.9. The zero-order chi connectivity index (χ0) is 13.8. The molecule has 1 aromatic rings. The number of hydrogen-bond acceptors (Lipinski definition) is 3. The number of rotatable bonds is 3. The van der Waals surface area contributed by atoms with E-state index in [1.165, 1.54) is 18.2 Å². The summed E-state index contributed by atoms with van der Waals surface area (Å²) in [7, 11) is 0. The molecule has 1 aliphatic carbocycles. The van der Waals surface area contributed by atoms with Gasteiger partial charge in [-0.15, -0.1) is 0 Å². The van der Waals surface area contributed by atoms with E-state index in [4.69, 9.17) is 0 Å². The van der Waals surface area contributed by atoms with Gasteiger partial charge in [0.25, 0.3) is 5.91 Å². The first-order valence-corrected chi connectivity index (χ1v) is 7.71. The Balaban J connectivity index is 1.98. The topological polar surface area (TPSA) is 49.3 Å². The van der Waals surface area contributed by atoms with Crippen LogP contribution in [0.2, 0.25) is 0 Å². The molecule has 0 aliphatic heterocycles. The first-order chi connectivity index (χ1) is 9.11. The van der Waals surface area contributed by atoms with Crippen LogP contribution in [0.5, 0.6) is 5.75 Å². The predicted molar refractivity (Wildman–Crippen MR) is 75.1 cm³/mol. The predicted octanol–water partition coefficient (Wildman–Crippen LogP) is 2.94. The Morgan fingerprint density at radius 2 is 2.05 bits per heavy atom. The Labute approximate surface area is 116 Å². The fraction of sp³-hybridized carbons (Fsp3) is 0.500. The molecule has 0 unspecified atom stereocenters. The molecule has 0 atom stereocenters. The summed E-state index contributed by atoms with van der Waals surface area (Å²) in [6.07, 6.45) is 6.05. The standard InChI is InChI=1S/C14H18FNO2S/c1-19-10-7-5-9(6-8-10)16-14(18)13-11(15)3-2-4-12(13)17/h2-4,9-10,17H,5-8H2,1H3,(H,16,18). The van der Waals surface area contributed by atoms with Gasteiger partial charge in [-0.05, 0) is 44.1 Å². The molecule has 3 nitrogen and oxygen atoms in total. The maximum Gasteiger partial charge on any atom is 0.258 e. The molecule has 1 amide bonds. The fourth-order valence-corrected chi connectivity index (χ4v) is 3.18. The highest BCUT2D eigenvalue weighted by Gasteiger charge is 2.24. The minimum absolute atomic E-state index is 0.0786. The van der Waals surface area contributed by atoms with E-state index in [2.05, 4.69) is 11.6 Å². The van der Waals surface area contributed by atoms with Gasteiger partial charge < -0.3 is 10.4 Å². The van der Waals surface area contributed by atoms with Crippen molar-refractivity contribution in [3.05, 3.63) is 29.6 Å². The van der Waals surface area contributed by atoms with Crippen molar-refractivity contribution < 1.29 is 14.3 Å². The van der Waals surface area contributed by atoms with Crippen molar-refractivity contribution in [2.45, 2.75) is 37.0 Å². The van der Waals surface area contributed by atoms with Crippen LogP contribution in [0.25, 0.3) is 0 Å². The van der Waals surface area contributed by atoms with E-state index in [0.717, 1.165) is 25.7 Å². The third kappa shape index (κ3) is 3.41. The summed E-state index contributed by atoms with van der Waals surface area (Å²) in [6.45, 7) is 0. The molecule has 0 heterocycles. The highest BCUT2D eigenvalue weighted by atomic mass is 32.2. The lowest BCUT2D eigenvalue weighted by atomic mass is 9.94. The molecule has 0 radical (unpaired) electrons. The molecule has 1 aromatic carbocycles. The van der Waals surface area contributed by atoms with Crippen molar-refractivity contribution >= 4 is 17.7 Å². The summed E-state index contributed by atoms with van der Waals surface area (Å²) in [5, 5.41) is 13.0. The van der Waals surface area contributed by atoms with Crippen LogP contribution >= 0.6 is 11.8 Å². The Bertz CT molecular complexity index is 439. The van der Waals surface area contributed by atoms with Crippen LogP contribution < -0.4 is 5.32 Å². The Morgan fingerprint density at radius 1 is 1.37 bits per heavy atom. The van der Waals surface area contributed by atoms with Crippen LogP contribution in [0.4, 0.5) is 4.39 Å². The summed E-state index contributed by atoms with van der Waals surface area (Å²) >= 11 is 1.86. The number of halogens is 1. The average molecular weight is 283 g/mol. The molecule has 19 heavy (non-hydrogen) atoms. The van der Waals surface area contributed by atoms with Crippen LogP contribution in [0.3, 0.4) is 0 Å². The van der Waals surface area contributed by atoms with Crippen molar-refractivity contribution in [3.63, 3.8) is 0 Å². The number of amides is 1. The molecule has 0 spiro atoms. The number of hydrogen-bond donors (Lipinski definition) is 2. The van der Waals surface area contributed by atoms with E-state index < -0.39 is 11.7 Å². The summed E-state index contributed by atoms with van der Waals surface area (Å²) in [4.78, 5) is 12.0. The van der Waals surface area contributed by atoms with Crippen molar-refractivity contribution in [1.82, 2.24) is 5.32 Å². The number of carbonyl (C=O) groups is 1. The van der Waals surface area contributed by atoms with Gasteiger partial charge in [-0.1, -0.05) is 6.07 Å². The van der Waals surface area contributed by atoms with Crippen molar-refractivity contribution in [2.24, 2.45) is 0 Å². The second-order valence-electron chi connectivity index (χ2n) is 4.82. The van der Waals surface area contributed by atoms with Gasteiger partial charge in [0, 0.05) is 11.3 Å². The summed E-state index contributed by atoms with van der Waals surface area (Å²) in [5.41, 5.74) is -0.255. The maximum atomic E-state index is 13.5. The van der Waals surface area contributed by atoms with E-state index >= 15 is 0 Å². The molecule has 0 bridgehead atoms. The molecule has 0 saturated heterocycles. The van der Waals surface area contributed by atoms with Crippen LogP contribution in [-0.4, -0.2) is 28.6 Å². The van der Waals surface area contributed by atoms with Crippen LogP contribution in [0.15, 0.2) is 18.2 Å². The number of phenols is 1. The first-order valence-electron chi connectivity index (χ1n) is 6.43. The number of carbonyl (C=O) groups excluding carboxylic acids is 1. The smallest absolute Gasteiger partial charge is 0.258 e. The minimum Gasteiger partial charge on any atom is -0.507 e. The lowest BCUT2D eigenvalue weighted by Crippen LogP contribution is -2.38. The Kier molecular flexibility index (Phi) is 4.69. The van der Waals surface area contributed by atoms with Crippen LogP contribution in [0.1, 0.15) is 36.0 Å². The van der Waals surface area contributed by atoms with Gasteiger partial charge in [-0.3, -0.25) is 4.79 Å². The third-order valence-corrected chi connectivity index (χ3v) is 4.70. The lowest BCUT2D eigenvalue weighted by molar-refractivity contribution is 0.0921. The summed E-state index contributed by atoms with van der Waals surface area (Å²) < 4.78 is 13.5. The van der Waals surface area contributed by atoms with Gasteiger partial charge in [0.1, 0.15) is 17.1 Å². The number of thioether (sulfide) groups is 1. The molecule has 104 valence electrons. The van der Waals surface area contributed by atoms with Gasteiger partial charge >= 0.3 is 0 Å².